The number of methoxy groups -OCH3 is 1. The van der Waals surface area contributed by atoms with Gasteiger partial charge in [0.05, 0.1) is 41.8 Å². The van der Waals surface area contributed by atoms with E-state index >= 15 is 0 Å². The predicted octanol–water partition coefficient (Wildman–Crippen LogP) is 5.91. The number of amides is 4. The summed E-state index contributed by atoms with van der Waals surface area (Å²) in [5.41, 5.74) is 9.84. The molecule has 4 saturated heterocycles. The third-order valence-electron chi connectivity index (χ3n) is 14.9. The number of benzene rings is 3. The number of nitrogens with zero attached hydrogens (tertiary/aromatic N) is 12. The monoisotopic (exact) mass is 955 g/mol. The lowest BCUT2D eigenvalue weighted by Crippen LogP contribution is -2.53. The maximum atomic E-state index is 13.9. The van der Waals surface area contributed by atoms with E-state index < -0.39 is 5.92 Å². The number of urea groups is 1. The van der Waals surface area contributed by atoms with Crippen molar-refractivity contribution in [2.24, 2.45) is 14.1 Å². The molecule has 18 nitrogen and oxygen atoms in total. The van der Waals surface area contributed by atoms with Gasteiger partial charge in [-0.05, 0) is 109 Å². The van der Waals surface area contributed by atoms with Crippen molar-refractivity contribution in [3.8, 4) is 34.0 Å². The molecule has 4 aromatic heterocycles. The van der Waals surface area contributed by atoms with Crippen molar-refractivity contribution in [3.63, 3.8) is 0 Å². The first kappa shape index (κ1) is 45.6. The number of carbonyl (C=O) groups is 3. The number of fused-ring (bicyclic) bond motifs is 1. The summed E-state index contributed by atoms with van der Waals surface area (Å²) >= 11 is 0. The Morgan fingerprint density at radius 3 is 2.17 bits per heavy atom. The van der Waals surface area contributed by atoms with Crippen LogP contribution >= 0.6 is 0 Å². The fourth-order valence-corrected chi connectivity index (χ4v) is 11.1. The highest BCUT2D eigenvalue weighted by atomic mass is 16.5. The second-order valence-corrected chi connectivity index (χ2v) is 18.8. The van der Waals surface area contributed by atoms with Crippen molar-refractivity contribution in [1.29, 1.82) is 0 Å². The van der Waals surface area contributed by atoms with Gasteiger partial charge in [0.15, 0.2) is 0 Å². The van der Waals surface area contributed by atoms with Crippen LogP contribution in [0.2, 0.25) is 0 Å². The molecule has 11 rings (SSSR count). The van der Waals surface area contributed by atoms with Crippen molar-refractivity contribution < 1.29 is 19.1 Å². The summed E-state index contributed by atoms with van der Waals surface area (Å²) in [5, 5.41) is 12.5. The summed E-state index contributed by atoms with van der Waals surface area (Å²) in [7, 11) is 5.03. The van der Waals surface area contributed by atoms with E-state index in [4.69, 9.17) is 14.8 Å². The molecule has 71 heavy (non-hydrogen) atoms. The second kappa shape index (κ2) is 18.8. The molecule has 0 spiro atoms. The first-order valence-electron chi connectivity index (χ1n) is 24.5. The molecule has 0 bridgehead atoms. The highest BCUT2D eigenvalue weighted by molar-refractivity contribution is 6.06. The molecule has 1 atom stereocenters. The van der Waals surface area contributed by atoms with Crippen molar-refractivity contribution >= 4 is 51.6 Å². The van der Waals surface area contributed by atoms with Gasteiger partial charge in [-0.15, -0.1) is 5.10 Å². The molecule has 4 fully saturated rings. The van der Waals surface area contributed by atoms with Gasteiger partial charge >= 0.3 is 17.7 Å². The molecule has 0 saturated carbocycles. The Morgan fingerprint density at radius 1 is 0.690 bits per heavy atom. The number of pyridine rings is 2. The van der Waals surface area contributed by atoms with Crippen LogP contribution < -0.4 is 35.3 Å². The van der Waals surface area contributed by atoms with E-state index in [0.29, 0.717) is 49.9 Å². The number of piperazine rings is 1. The fraction of sp³-hybridized carbons (Fsp3) is 0.358. The molecule has 4 aliphatic heterocycles. The molecular formula is C53H57N13O5. The average Bonchev–Trinajstić information content (AvgIpc) is 4.06. The van der Waals surface area contributed by atoms with Crippen molar-refractivity contribution in [1.82, 2.24) is 44.3 Å². The normalized spacial score (nSPS) is 18.3. The molecule has 0 radical (unpaired) electrons. The minimum Gasteiger partial charge on any atom is -0.467 e. The molecule has 18 heteroatoms. The topological polar surface area (TPSA) is 172 Å². The number of hydrogen-bond donors (Lipinski definition) is 1. The number of aromatic nitrogens is 7. The Morgan fingerprint density at radius 2 is 1.44 bits per heavy atom. The zero-order valence-electron chi connectivity index (χ0n) is 40.5. The summed E-state index contributed by atoms with van der Waals surface area (Å²) in [5.74, 6) is -0.277. The van der Waals surface area contributed by atoms with E-state index in [0.717, 1.165) is 114 Å². The van der Waals surface area contributed by atoms with Crippen LogP contribution in [0.4, 0.5) is 27.7 Å². The second-order valence-electron chi connectivity index (χ2n) is 18.8. The van der Waals surface area contributed by atoms with E-state index in [1.54, 1.807) is 35.4 Å². The Bertz CT molecular complexity index is 3220. The molecule has 1 N–H and O–H groups in total. The lowest BCUT2D eigenvalue weighted by atomic mass is 9.90. The number of rotatable bonds is 11. The molecule has 4 aliphatic rings. The maximum Gasteiger partial charge on any atom is 0.353 e. The molecule has 3 aromatic carbocycles. The number of anilines is 4. The number of ether oxygens (including phenoxy) is 1. The summed E-state index contributed by atoms with van der Waals surface area (Å²) in [6.07, 6.45) is 8.76. The molecular weight excluding hydrogens is 899 g/mol. The number of piperidine rings is 2. The van der Waals surface area contributed by atoms with Crippen molar-refractivity contribution in [2.45, 2.75) is 51.0 Å². The van der Waals surface area contributed by atoms with Crippen LogP contribution in [0.25, 0.3) is 38.8 Å². The van der Waals surface area contributed by atoms with Gasteiger partial charge in [-0.25, -0.2) is 23.8 Å². The quantitative estimate of drug-likeness (QED) is 0.152. The molecule has 364 valence electrons. The van der Waals surface area contributed by atoms with E-state index in [-0.39, 0.29) is 29.5 Å². The minimum atomic E-state index is -0.421. The highest BCUT2D eigenvalue weighted by Gasteiger charge is 2.35. The van der Waals surface area contributed by atoms with Gasteiger partial charge < -0.3 is 14.5 Å². The number of hydrogen-bond acceptors (Lipinski definition) is 12. The van der Waals surface area contributed by atoms with Crippen molar-refractivity contribution in [3.05, 3.63) is 119 Å². The Balaban J connectivity index is 0.799. The molecule has 0 aliphatic carbocycles. The minimum absolute atomic E-state index is 0.140. The number of nitrogens with one attached hydrogen (secondary N) is 1. The van der Waals surface area contributed by atoms with E-state index in [1.165, 1.54) is 16.4 Å². The molecule has 8 heterocycles. The standard InChI is InChI=1S/C53H57N13O5/c1-5-40-42(18-22-55-49(40)65-30-29-64(53(65)70)39-7-6-21-54-33-39)41-14-13-38(66-51(71-4)58-60(3)52(66)69)31-45(41)34-8-10-35(11-9-34)61-23-19-36(20-24-61)62-25-27-63(28-26-62)37-12-15-43-46(32-37)59(2)57-48(43)44-16-17-47(67)56-50(44)68/h6-15,18,21-22,31-33,36,44H,5,16-17,19-20,23-30H2,1-4H3,(H,56,67,68). The largest absolute Gasteiger partial charge is 0.467 e. The van der Waals surface area contributed by atoms with Crippen LogP contribution in [0.15, 0.2) is 102 Å². The fourth-order valence-electron chi connectivity index (χ4n) is 11.1. The van der Waals surface area contributed by atoms with Gasteiger partial charge in [0.25, 0.3) is 0 Å². The van der Waals surface area contributed by atoms with Crippen LogP contribution in [0.3, 0.4) is 0 Å². The number of carbonyl (C=O) groups excluding carboxylic acids is 3. The molecule has 1 unspecified atom stereocenters. The lowest BCUT2D eigenvalue weighted by molar-refractivity contribution is -0.134. The predicted molar refractivity (Wildman–Crippen MR) is 273 cm³/mol. The summed E-state index contributed by atoms with van der Waals surface area (Å²) in [6.45, 7) is 8.83. The summed E-state index contributed by atoms with van der Waals surface area (Å²) in [6, 6.07) is 27.4. The first-order valence-corrected chi connectivity index (χ1v) is 24.5. The van der Waals surface area contributed by atoms with Crippen LogP contribution in [0, 0.1) is 0 Å². The Kier molecular flexibility index (Phi) is 12.1. The number of aryl methyl sites for hydroxylation is 2. The first-order chi connectivity index (χ1) is 34.6. The van der Waals surface area contributed by atoms with Gasteiger partial charge in [0.1, 0.15) is 5.82 Å². The van der Waals surface area contributed by atoms with Gasteiger partial charge in [-0.3, -0.25) is 39.3 Å². The zero-order chi connectivity index (χ0) is 48.9. The van der Waals surface area contributed by atoms with Gasteiger partial charge in [-0.1, -0.05) is 25.1 Å². The zero-order valence-corrected chi connectivity index (χ0v) is 40.5. The Labute approximate surface area is 411 Å². The van der Waals surface area contributed by atoms with E-state index in [1.807, 2.05) is 48.1 Å². The molecule has 4 amide bonds. The Hall–Kier alpha value is -7.86. The maximum absolute atomic E-state index is 13.9. The third-order valence-corrected chi connectivity index (χ3v) is 14.9. The highest BCUT2D eigenvalue weighted by Crippen LogP contribution is 2.40. The third kappa shape index (κ3) is 8.34. The van der Waals surface area contributed by atoms with Crippen LogP contribution in [0.5, 0.6) is 6.01 Å². The van der Waals surface area contributed by atoms with Gasteiger partial charge in [-0.2, -0.15) is 5.10 Å². The number of imide groups is 1. The van der Waals surface area contributed by atoms with E-state index in [2.05, 4.69) is 79.5 Å². The summed E-state index contributed by atoms with van der Waals surface area (Å²) in [4.78, 5) is 71.9. The van der Waals surface area contributed by atoms with E-state index in [9.17, 15) is 19.2 Å². The van der Waals surface area contributed by atoms with Gasteiger partial charge in [0.2, 0.25) is 11.8 Å². The van der Waals surface area contributed by atoms with Gasteiger partial charge in [0, 0.05) is 114 Å². The smallest absolute Gasteiger partial charge is 0.353 e. The summed E-state index contributed by atoms with van der Waals surface area (Å²) < 4.78 is 10.2. The van der Waals surface area contributed by atoms with Crippen LogP contribution in [-0.2, 0) is 30.1 Å². The average molecular weight is 956 g/mol. The SMILES string of the molecule is CCc1c(-c2ccc(-n3c(OC)nn(C)c3=O)cc2-c2ccc(N3CCC(N4CCN(c5ccc6c(C7CCC(=O)NC7=O)nn(C)c6c5)CC4)CC3)cc2)ccnc1N1CCN(c2cccnc2)C1=O. The van der Waals surface area contributed by atoms with Crippen molar-refractivity contribution in [2.75, 3.05) is 79.1 Å². The van der Waals surface area contributed by atoms with Crippen LogP contribution in [-0.4, -0.2) is 122 Å². The molecule has 7 aromatic rings. The van der Waals surface area contributed by atoms with Crippen LogP contribution in [0.1, 0.15) is 49.8 Å². The lowest BCUT2D eigenvalue weighted by Gasteiger charge is -2.43.